The van der Waals surface area contributed by atoms with Crippen molar-refractivity contribution in [2.24, 2.45) is 0 Å². The lowest BCUT2D eigenvalue weighted by Crippen LogP contribution is -2.31. The number of imidazole rings is 1. The van der Waals surface area contributed by atoms with Crippen LogP contribution in [0.2, 0.25) is 0 Å². The Morgan fingerprint density at radius 2 is 1.96 bits per heavy atom. The predicted octanol–water partition coefficient (Wildman–Crippen LogP) is 3.68. The summed E-state index contributed by atoms with van der Waals surface area (Å²) in [5, 5.41) is 0. The molecule has 4 rings (SSSR count). The van der Waals surface area contributed by atoms with E-state index in [0.29, 0.717) is 12.1 Å². The summed E-state index contributed by atoms with van der Waals surface area (Å²) >= 11 is 0. The van der Waals surface area contributed by atoms with E-state index in [1.54, 1.807) is 0 Å². The maximum Gasteiger partial charge on any atom is 0.254 e. The van der Waals surface area contributed by atoms with E-state index in [1.807, 2.05) is 29.2 Å². The molecule has 1 N–H and O–H groups in total. The zero-order valence-electron chi connectivity index (χ0n) is 12.5. The monoisotopic (exact) mass is 309 g/mol. The Morgan fingerprint density at radius 3 is 2.74 bits per heavy atom. The second-order valence-corrected chi connectivity index (χ2v) is 5.80. The number of amides is 1. The maximum absolute atomic E-state index is 13.0. The van der Waals surface area contributed by atoms with E-state index in [4.69, 9.17) is 0 Å². The quantitative estimate of drug-likeness (QED) is 0.785. The van der Waals surface area contributed by atoms with Gasteiger partial charge in [-0.25, -0.2) is 9.37 Å². The molecular weight excluding hydrogens is 293 g/mol. The summed E-state index contributed by atoms with van der Waals surface area (Å²) < 4.78 is 13.0. The molecule has 0 spiro atoms. The van der Waals surface area contributed by atoms with Crippen LogP contribution in [0.3, 0.4) is 0 Å². The Bertz CT molecular complexity index is 823. The second kappa shape index (κ2) is 5.50. The number of H-pyrrole nitrogens is 1. The molecule has 2 heterocycles. The molecule has 0 radical (unpaired) electrons. The second-order valence-electron chi connectivity index (χ2n) is 5.80. The lowest BCUT2D eigenvalue weighted by molar-refractivity contribution is 0.0730. The van der Waals surface area contributed by atoms with Gasteiger partial charge in [-0.2, -0.15) is 0 Å². The molecule has 1 amide bonds. The molecule has 5 heteroatoms. The summed E-state index contributed by atoms with van der Waals surface area (Å²) in [4.78, 5) is 22.5. The van der Waals surface area contributed by atoms with Crippen LogP contribution >= 0.6 is 0 Å². The summed E-state index contributed by atoms with van der Waals surface area (Å²) in [5.74, 6) is 0.406. The minimum absolute atomic E-state index is 0.0556. The number of hydrogen-bond acceptors (Lipinski definition) is 2. The van der Waals surface area contributed by atoms with Crippen LogP contribution in [0, 0.1) is 5.82 Å². The average Bonchev–Trinajstić information content (AvgIpc) is 3.21. The van der Waals surface area contributed by atoms with Gasteiger partial charge in [0.1, 0.15) is 11.6 Å². The summed E-state index contributed by atoms with van der Waals surface area (Å²) in [6.45, 7) is 0.692. The van der Waals surface area contributed by atoms with Crippen molar-refractivity contribution < 1.29 is 9.18 Å². The highest BCUT2D eigenvalue weighted by molar-refractivity contribution is 5.94. The molecule has 116 valence electrons. The van der Waals surface area contributed by atoms with Crippen molar-refractivity contribution in [1.29, 1.82) is 0 Å². The Morgan fingerprint density at radius 1 is 1.17 bits per heavy atom. The summed E-state index contributed by atoms with van der Waals surface area (Å²) in [7, 11) is 0. The van der Waals surface area contributed by atoms with Gasteiger partial charge < -0.3 is 9.88 Å². The Labute approximate surface area is 133 Å². The van der Waals surface area contributed by atoms with E-state index in [1.165, 1.54) is 24.3 Å². The van der Waals surface area contributed by atoms with Crippen LogP contribution in [-0.4, -0.2) is 27.3 Å². The number of carbonyl (C=O) groups excluding carboxylic acids is 1. The van der Waals surface area contributed by atoms with Gasteiger partial charge in [-0.1, -0.05) is 12.1 Å². The van der Waals surface area contributed by atoms with Crippen LogP contribution in [0.15, 0.2) is 48.5 Å². The van der Waals surface area contributed by atoms with Crippen LogP contribution < -0.4 is 0 Å². The first-order valence-corrected chi connectivity index (χ1v) is 7.73. The van der Waals surface area contributed by atoms with Crippen molar-refractivity contribution in [2.45, 2.75) is 18.9 Å². The van der Waals surface area contributed by atoms with Crippen LogP contribution in [0.5, 0.6) is 0 Å². The third-order valence-electron chi connectivity index (χ3n) is 4.33. The van der Waals surface area contributed by atoms with E-state index < -0.39 is 0 Å². The third kappa shape index (κ3) is 2.48. The van der Waals surface area contributed by atoms with Crippen molar-refractivity contribution in [3.05, 3.63) is 65.7 Å². The molecule has 1 aliphatic rings. The van der Waals surface area contributed by atoms with Gasteiger partial charge >= 0.3 is 0 Å². The maximum atomic E-state index is 13.0. The minimum Gasteiger partial charge on any atom is -0.340 e. The van der Waals surface area contributed by atoms with E-state index in [-0.39, 0.29) is 17.8 Å². The molecule has 3 aromatic rings. The van der Waals surface area contributed by atoms with Gasteiger partial charge in [0.25, 0.3) is 5.91 Å². The number of rotatable bonds is 2. The average molecular weight is 309 g/mol. The summed E-state index contributed by atoms with van der Waals surface area (Å²) in [5.41, 5.74) is 2.39. The largest absolute Gasteiger partial charge is 0.340 e. The van der Waals surface area contributed by atoms with Crippen molar-refractivity contribution in [3.63, 3.8) is 0 Å². The summed E-state index contributed by atoms with van der Waals surface area (Å²) in [6, 6.07) is 13.5. The highest BCUT2D eigenvalue weighted by Gasteiger charge is 2.32. The lowest BCUT2D eigenvalue weighted by atomic mass is 10.1. The van der Waals surface area contributed by atoms with E-state index in [9.17, 15) is 9.18 Å². The fraction of sp³-hybridized carbons (Fsp3) is 0.222. The Balaban J connectivity index is 1.65. The Hall–Kier alpha value is -2.69. The number of carbonyl (C=O) groups is 1. The van der Waals surface area contributed by atoms with Crippen LogP contribution in [0.1, 0.15) is 35.1 Å². The number of hydrogen-bond donors (Lipinski definition) is 1. The van der Waals surface area contributed by atoms with Crippen molar-refractivity contribution >= 4 is 16.9 Å². The minimum atomic E-state index is -0.336. The molecule has 1 fully saturated rings. The smallest absolute Gasteiger partial charge is 0.254 e. The molecule has 23 heavy (non-hydrogen) atoms. The first-order valence-electron chi connectivity index (χ1n) is 7.73. The number of benzene rings is 2. The SMILES string of the molecule is O=C(c1ccc(F)cc1)N1CCC[C@@H]1c1nc2ccccc2[nH]1. The number of nitrogens with one attached hydrogen (secondary N) is 1. The van der Waals surface area contributed by atoms with Crippen molar-refractivity contribution in [2.75, 3.05) is 6.54 Å². The van der Waals surface area contributed by atoms with Crippen molar-refractivity contribution in [3.8, 4) is 0 Å². The van der Waals surface area contributed by atoms with Gasteiger partial charge in [0.05, 0.1) is 17.1 Å². The van der Waals surface area contributed by atoms with Gasteiger partial charge in [-0.3, -0.25) is 4.79 Å². The molecule has 1 aromatic heterocycles. The molecule has 0 aliphatic carbocycles. The number of aromatic amines is 1. The van der Waals surface area contributed by atoms with Gasteiger partial charge in [-0.15, -0.1) is 0 Å². The first-order chi connectivity index (χ1) is 11.2. The zero-order valence-corrected chi connectivity index (χ0v) is 12.5. The molecule has 2 aromatic carbocycles. The number of likely N-dealkylation sites (tertiary alicyclic amines) is 1. The number of nitrogens with zero attached hydrogens (tertiary/aromatic N) is 2. The first kappa shape index (κ1) is 13.9. The molecule has 0 saturated carbocycles. The Kier molecular flexibility index (Phi) is 3.33. The normalized spacial score (nSPS) is 17.8. The summed E-state index contributed by atoms with van der Waals surface area (Å²) in [6.07, 6.45) is 1.82. The number of para-hydroxylation sites is 2. The molecule has 1 saturated heterocycles. The third-order valence-corrected chi connectivity index (χ3v) is 4.33. The van der Waals surface area contributed by atoms with Crippen LogP contribution in [0.4, 0.5) is 4.39 Å². The van der Waals surface area contributed by atoms with E-state index >= 15 is 0 Å². The standard InChI is InChI=1S/C18H16FN3O/c19-13-9-7-12(8-10-13)18(23)22-11-3-6-16(22)17-20-14-4-1-2-5-15(14)21-17/h1-2,4-5,7-10,16H,3,6,11H2,(H,20,21)/t16-/m1/s1. The fourth-order valence-corrected chi connectivity index (χ4v) is 3.18. The number of fused-ring (bicyclic) bond motifs is 1. The van der Waals surface area contributed by atoms with Crippen LogP contribution in [0.25, 0.3) is 11.0 Å². The van der Waals surface area contributed by atoms with E-state index in [2.05, 4.69) is 9.97 Å². The molecule has 1 aliphatic heterocycles. The molecule has 1 atom stereocenters. The lowest BCUT2D eigenvalue weighted by Gasteiger charge is -2.23. The van der Waals surface area contributed by atoms with Gasteiger partial charge in [0.2, 0.25) is 0 Å². The molecule has 0 bridgehead atoms. The highest BCUT2D eigenvalue weighted by atomic mass is 19.1. The highest BCUT2D eigenvalue weighted by Crippen LogP contribution is 2.32. The fourth-order valence-electron chi connectivity index (χ4n) is 3.18. The number of halogens is 1. The molecular formula is C18H16FN3O. The predicted molar refractivity (Wildman–Crippen MR) is 85.5 cm³/mol. The van der Waals surface area contributed by atoms with Crippen LogP contribution in [-0.2, 0) is 0 Å². The van der Waals surface area contributed by atoms with Crippen molar-refractivity contribution in [1.82, 2.24) is 14.9 Å². The van der Waals surface area contributed by atoms with E-state index in [0.717, 1.165) is 29.7 Å². The topological polar surface area (TPSA) is 49.0 Å². The van der Waals surface area contributed by atoms with Gasteiger partial charge in [0, 0.05) is 12.1 Å². The van der Waals surface area contributed by atoms with Gasteiger partial charge in [-0.05, 0) is 49.2 Å². The van der Waals surface area contributed by atoms with Gasteiger partial charge in [0.15, 0.2) is 0 Å². The molecule has 4 nitrogen and oxygen atoms in total. The molecule has 0 unspecified atom stereocenters. The zero-order chi connectivity index (χ0) is 15.8. The number of aromatic nitrogens is 2.